The molecule has 0 aliphatic rings. The first-order valence-corrected chi connectivity index (χ1v) is 16.6. The summed E-state index contributed by atoms with van der Waals surface area (Å²) in [6.07, 6.45) is 0.811. The van der Waals surface area contributed by atoms with Crippen molar-refractivity contribution >= 4 is 50.7 Å². The molecule has 4 aromatic carbocycles. The molecule has 1 N–H and O–H groups in total. The van der Waals surface area contributed by atoms with Gasteiger partial charge in [-0.1, -0.05) is 96.9 Å². The Hall–Kier alpha value is -3.92. The van der Waals surface area contributed by atoms with Crippen molar-refractivity contribution in [2.24, 2.45) is 0 Å². The molecule has 0 aromatic heterocycles. The second kappa shape index (κ2) is 15.4. The molecule has 0 unspecified atom stereocenters. The Morgan fingerprint density at radius 1 is 0.844 bits per heavy atom. The number of nitrogens with zero attached hydrogens (tertiary/aromatic N) is 2. The molecule has 0 aliphatic heterocycles. The molecule has 4 aromatic rings. The maximum atomic E-state index is 14.5. The summed E-state index contributed by atoms with van der Waals surface area (Å²) in [6.45, 7) is 3.01. The predicted molar refractivity (Wildman–Crippen MR) is 176 cm³/mol. The van der Waals surface area contributed by atoms with Crippen LogP contribution >= 0.6 is 23.2 Å². The first kappa shape index (κ1) is 34.0. The summed E-state index contributed by atoms with van der Waals surface area (Å²) in [4.78, 5) is 29.6. The van der Waals surface area contributed by atoms with Gasteiger partial charge in [0.15, 0.2) is 0 Å². The molecule has 45 heavy (non-hydrogen) atoms. The van der Waals surface area contributed by atoms with Crippen LogP contribution in [0.15, 0.2) is 108 Å². The van der Waals surface area contributed by atoms with Gasteiger partial charge >= 0.3 is 0 Å². The highest BCUT2D eigenvalue weighted by Crippen LogP contribution is 2.35. The van der Waals surface area contributed by atoms with Crippen LogP contribution < -0.4 is 9.62 Å². The van der Waals surface area contributed by atoms with Crippen molar-refractivity contribution in [1.29, 1.82) is 0 Å². The number of sulfonamides is 1. The van der Waals surface area contributed by atoms with Crippen molar-refractivity contribution in [2.45, 2.75) is 50.2 Å². The minimum absolute atomic E-state index is 0.00627. The van der Waals surface area contributed by atoms with E-state index in [1.165, 1.54) is 59.5 Å². The summed E-state index contributed by atoms with van der Waals surface area (Å²) in [5.74, 6) is -1.53. The summed E-state index contributed by atoms with van der Waals surface area (Å²) >= 11 is 12.8. The monoisotopic (exact) mass is 669 g/mol. The number of carbonyl (C=O) groups is 2. The number of nitrogens with one attached hydrogen (secondary N) is 1. The average Bonchev–Trinajstić information content (AvgIpc) is 3.04. The highest BCUT2D eigenvalue weighted by Gasteiger charge is 2.35. The Morgan fingerprint density at radius 2 is 1.47 bits per heavy atom. The predicted octanol–water partition coefficient (Wildman–Crippen LogP) is 6.88. The van der Waals surface area contributed by atoms with E-state index in [1.54, 1.807) is 18.2 Å². The van der Waals surface area contributed by atoms with Gasteiger partial charge in [-0.25, -0.2) is 12.8 Å². The van der Waals surface area contributed by atoms with Gasteiger partial charge < -0.3 is 10.2 Å². The Labute approximate surface area is 273 Å². The number of rotatable bonds is 13. The number of carbonyl (C=O) groups excluding carboxylic acids is 2. The zero-order valence-corrected chi connectivity index (χ0v) is 27.2. The molecule has 0 saturated carbocycles. The van der Waals surface area contributed by atoms with E-state index in [0.717, 1.165) is 9.87 Å². The molecule has 2 atom stereocenters. The van der Waals surface area contributed by atoms with Crippen LogP contribution in [0, 0.1) is 5.82 Å². The van der Waals surface area contributed by atoms with Crippen LogP contribution in [0.2, 0.25) is 10.0 Å². The lowest BCUT2D eigenvalue weighted by Gasteiger charge is -2.34. The molecule has 0 heterocycles. The first-order valence-electron chi connectivity index (χ1n) is 14.4. The maximum Gasteiger partial charge on any atom is 0.264 e. The van der Waals surface area contributed by atoms with E-state index in [9.17, 15) is 22.4 Å². The molecular weight excluding hydrogens is 636 g/mol. The normalized spacial score (nSPS) is 12.6. The molecule has 7 nitrogen and oxygen atoms in total. The van der Waals surface area contributed by atoms with Gasteiger partial charge in [0.2, 0.25) is 11.8 Å². The quantitative estimate of drug-likeness (QED) is 0.168. The lowest BCUT2D eigenvalue weighted by atomic mass is 10.0. The van der Waals surface area contributed by atoms with E-state index < -0.39 is 40.2 Å². The number of hydrogen-bond acceptors (Lipinski definition) is 4. The molecule has 2 amide bonds. The fraction of sp³-hybridized carbons (Fsp3) is 0.235. The van der Waals surface area contributed by atoms with Gasteiger partial charge in [-0.3, -0.25) is 13.9 Å². The number of benzene rings is 4. The average molecular weight is 671 g/mol. The van der Waals surface area contributed by atoms with Crippen molar-refractivity contribution in [3.05, 3.63) is 130 Å². The van der Waals surface area contributed by atoms with E-state index in [-0.39, 0.29) is 39.6 Å². The third-order valence-corrected chi connectivity index (χ3v) is 9.93. The van der Waals surface area contributed by atoms with Crippen molar-refractivity contribution in [2.75, 3.05) is 10.8 Å². The van der Waals surface area contributed by atoms with Crippen molar-refractivity contribution in [1.82, 2.24) is 10.2 Å². The smallest absolute Gasteiger partial charge is 0.264 e. The SMILES string of the molecule is CC[C@@H](C)NC(=O)[C@@H](Cc1ccccc1)N(Cc1ccc(F)cc1)C(=O)CN(c1cccc(Cl)c1Cl)S(=O)(=O)c1ccccc1. The third kappa shape index (κ3) is 8.63. The summed E-state index contributed by atoms with van der Waals surface area (Å²) in [5, 5.41) is 3.03. The van der Waals surface area contributed by atoms with Crippen LogP contribution in [0.4, 0.5) is 10.1 Å². The Kier molecular flexibility index (Phi) is 11.6. The summed E-state index contributed by atoms with van der Waals surface area (Å²) in [6, 6.07) is 25.7. The van der Waals surface area contributed by atoms with Gasteiger partial charge in [0.25, 0.3) is 10.0 Å². The molecule has 0 spiro atoms. The van der Waals surface area contributed by atoms with Gasteiger partial charge in [-0.2, -0.15) is 0 Å². The first-order chi connectivity index (χ1) is 21.5. The zero-order chi connectivity index (χ0) is 32.6. The lowest BCUT2D eigenvalue weighted by Crippen LogP contribution is -2.54. The largest absolute Gasteiger partial charge is 0.352 e. The summed E-state index contributed by atoms with van der Waals surface area (Å²) in [7, 11) is -4.34. The van der Waals surface area contributed by atoms with Gasteiger partial charge in [0, 0.05) is 19.0 Å². The molecule has 0 bridgehead atoms. The molecule has 0 radical (unpaired) electrons. The van der Waals surface area contributed by atoms with Crippen LogP contribution in [0.25, 0.3) is 0 Å². The molecule has 11 heteroatoms. The van der Waals surface area contributed by atoms with Crippen molar-refractivity contribution in [3.8, 4) is 0 Å². The second-order valence-corrected chi connectivity index (χ2v) is 13.2. The standard InChI is InChI=1S/C34H34Cl2FN3O4S/c1-3-24(2)38-34(42)31(21-25-11-6-4-7-12-25)39(22-26-17-19-27(37)20-18-26)32(41)23-40(30-16-10-15-29(35)33(30)36)45(43,44)28-13-8-5-9-14-28/h4-20,24,31H,3,21-23H2,1-2H3,(H,38,42)/t24-,31-/m1/s1. The summed E-state index contributed by atoms with van der Waals surface area (Å²) in [5.41, 5.74) is 1.36. The van der Waals surface area contributed by atoms with E-state index in [2.05, 4.69) is 5.32 Å². The van der Waals surface area contributed by atoms with E-state index in [4.69, 9.17) is 23.2 Å². The van der Waals surface area contributed by atoms with Gasteiger partial charge in [-0.15, -0.1) is 0 Å². The zero-order valence-electron chi connectivity index (χ0n) is 24.9. The number of anilines is 1. The Morgan fingerprint density at radius 3 is 2.09 bits per heavy atom. The van der Waals surface area contributed by atoms with Crippen LogP contribution in [0.1, 0.15) is 31.4 Å². The van der Waals surface area contributed by atoms with E-state index in [0.29, 0.717) is 12.0 Å². The minimum Gasteiger partial charge on any atom is -0.352 e. The number of amides is 2. The summed E-state index contributed by atoms with van der Waals surface area (Å²) < 4.78 is 42.8. The minimum atomic E-state index is -4.34. The third-order valence-electron chi connectivity index (χ3n) is 7.35. The molecular formula is C34H34Cl2FN3O4S. The molecule has 0 saturated heterocycles. The molecule has 0 fully saturated rings. The highest BCUT2D eigenvalue weighted by molar-refractivity contribution is 7.92. The van der Waals surface area contributed by atoms with E-state index in [1.807, 2.05) is 44.2 Å². The lowest BCUT2D eigenvalue weighted by molar-refractivity contribution is -0.140. The molecule has 0 aliphatic carbocycles. The Bertz CT molecular complexity index is 1710. The van der Waals surface area contributed by atoms with Crippen molar-refractivity contribution in [3.63, 3.8) is 0 Å². The Balaban J connectivity index is 1.83. The fourth-order valence-electron chi connectivity index (χ4n) is 4.70. The van der Waals surface area contributed by atoms with Crippen LogP contribution in [0.5, 0.6) is 0 Å². The second-order valence-electron chi connectivity index (χ2n) is 10.6. The maximum absolute atomic E-state index is 14.5. The van der Waals surface area contributed by atoms with Gasteiger partial charge in [0.05, 0.1) is 20.6 Å². The van der Waals surface area contributed by atoms with Crippen molar-refractivity contribution < 1.29 is 22.4 Å². The highest BCUT2D eigenvalue weighted by atomic mass is 35.5. The fourth-order valence-corrected chi connectivity index (χ4v) is 6.59. The van der Waals surface area contributed by atoms with E-state index >= 15 is 0 Å². The van der Waals surface area contributed by atoms with Crippen LogP contribution in [-0.4, -0.2) is 43.8 Å². The number of halogens is 3. The number of hydrogen-bond donors (Lipinski definition) is 1. The van der Waals surface area contributed by atoms with Gasteiger partial charge in [-0.05, 0) is 60.9 Å². The van der Waals surface area contributed by atoms with Crippen LogP contribution in [-0.2, 0) is 32.6 Å². The molecule has 4 rings (SSSR count). The topological polar surface area (TPSA) is 86.8 Å². The van der Waals surface area contributed by atoms with Crippen LogP contribution in [0.3, 0.4) is 0 Å². The molecule has 236 valence electrons. The van der Waals surface area contributed by atoms with Gasteiger partial charge in [0.1, 0.15) is 18.4 Å².